The average Bonchev–Trinajstić information content (AvgIpc) is 3.74. The van der Waals surface area contributed by atoms with Gasteiger partial charge in [0.05, 0.1) is 15.7 Å². The summed E-state index contributed by atoms with van der Waals surface area (Å²) in [6.45, 7) is 4.85. The summed E-state index contributed by atoms with van der Waals surface area (Å²) in [7, 11) is 0. The summed E-state index contributed by atoms with van der Waals surface area (Å²) < 4.78 is 7.97. The molecule has 1 aliphatic carbocycles. The third-order valence-corrected chi connectivity index (χ3v) is 11.9. The predicted octanol–water partition coefficient (Wildman–Crippen LogP) is 11.8. The summed E-state index contributed by atoms with van der Waals surface area (Å²) in [6.07, 6.45) is 0. The van der Waals surface area contributed by atoms with E-state index in [0.29, 0.717) is 0 Å². The lowest BCUT2D eigenvalue weighted by Crippen LogP contribution is -2.15. The molecular formula is C39H25NS2. The monoisotopic (exact) mass is 571 g/mol. The van der Waals surface area contributed by atoms with Gasteiger partial charge in [-0.1, -0.05) is 92.7 Å². The van der Waals surface area contributed by atoms with Crippen LogP contribution in [0, 0.1) is 0 Å². The minimum Gasteiger partial charge on any atom is -0.308 e. The maximum Gasteiger partial charge on any atom is 0.0723 e. The summed E-state index contributed by atoms with van der Waals surface area (Å²) in [6, 6.07) is 43.0. The van der Waals surface area contributed by atoms with Crippen LogP contribution in [-0.2, 0) is 5.41 Å². The van der Waals surface area contributed by atoms with E-state index in [1.807, 2.05) is 22.7 Å². The van der Waals surface area contributed by atoms with Gasteiger partial charge in [0.1, 0.15) is 0 Å². The van der Waals surface area contributed by atoms with Crippen molar-refractivity contribution in [2.45, 2.75) is 19.3 Å². The lowest BCUT2D eigenvalue weighted by Gasteiger charge is -2.23. The Morgan fingerprint density at radius 2 is 1.24 bits per heavy atom. The molecule has 0 atom stereocenters. The number of rotatable bonds is 1. The standard InChI is InChI=1S/C39H25NS2/c1-39(2)28-15-7-3-12-24(28)33-34-26-14-6-10-18-31(26)42-38(34)37-35(36(33)39)25-13-4-8-16-29(25)40(37)22-19-20-32-27(21-22)23-11-5-9-17-30(23)41-32/h3-21H,1-2H3. The molecule has 10 rings (SSSR count). The van der Waals surface area contributed by atoms with E-state index in [9.17, 15) is 0 Å². The molecule has 0 bridgehead atoms. The van der Waals surface area contributed by atoms with E-state index in [4.69, 9.17) is 0 Å². The molecule has 42 heavy (non-hydrogen) atoms. The minimum atomic E-state index is -0.121. The zero-order valence-electron chi connectivity index (χ0n) is 23.2. The Morgan fingerprint density at radius 1 is 0.571 bits per heavy atom. The highest BCUT2D eigenvalue weighted by molar-refractivity contribution is 7.27. The summed E-state index contributed by atoms with van der Waals surface area (Å²) in [5, 5.41) is 8.17. The van der Waals surface area contributed by atoms with Gasteiger partial charge >= 0.3 is 0 Å². The van der Waals surface area contributed by atoms with Gasteiger partial charge in [0.2, 0.25) is 0 Å². The summed E-state index contributed by atoms with van der Waals surface area (Å²) in [5.74, 6) is 0. The smallest absolute Gasteiger partial charge is 0.0723 e. The molecule has 3 heteroatoms. The highest BCUT2D eigenvalue weighted by Crippen LogP contribution is 2.58. The number of aromatic nitrogens is 1. The second kappa shape index (κ2) is 7.89. The first-order valence-electron chi connectivity index (χ1n) is 14.5. The van der Waals surface area contributed by atoms with E-state index < -0.39 is 0 Å². The number of hydrogen-bond acceptors (Lipinski definition) is 2. The largest absolute Gasteiger partial charge is 0.308 e. The van der Waals surface area contributed by atoms with Crippen LogP contribution in [0.4, 0.5) is 0 Å². The SMILES string of the molecule is CC1(C)c2ccccc2-c2c1c1c3ccccc3n(-c3ccc4sc5ccccc5c4c3)c1c1sc3ccccc3c21. The fraction of sp³-hybridized carbons (Fsp3) is 0.0769. The van der Waals surface area contributed by atoms with Crippen LogP contribution in [0.1, 0.15) is 25.0 Å². The third kappa shape index (κ3) is 2.74. The van der Waals surface area contributed by atoms with Gasteiger partial charge in [-0.15, -0.1) is 22.7 Å². The summed E-state index contributed by atoms with van der Waals surface area (Å²) in [4.78, 5) is 0. The van der Waals surface area contributed by atoms with Crippen LogP contribution in [0.15, 0.2) is 115 Å². The number of nitrogens with zero attached hydrogens (tertiary/aromatic N) is 1. The number of hydrogen-bond donors (Lipinski definition) is 0. The van der Waals surface area contributed by atoms with Crippen LogP contribution < -0.4 is 0 Å². The quantitative estimate of drug-likeness (QED) is 0.185. The predicted molar refractivity (Wildman–Crippen MR) is 184 cm³/mol. The highest BCUT2D eigenvalue weighted by Gasteiger charge is 2.40. The number of thiophene rings is 2. The number of para-hydroxylation sites is 1. The molecule has 1 aliphatic rings. The Kier molecular flexibility index (Phi) is 4.35. The first-order chi connectivity index (χ1) is 20.6. The fourth-order valence-electron chi connectivity index (χ4n) is 7.81. The third-order valence-electron chi connectivity index (χ3n) is 9.55. The van der Waals surface area contributed by atoms with Crippen LogP contribution in [0.3, 0.4) is 0 Å². The van der Waals surface area contributed by atoms with E-state index in [-0.39, 0.29) is 5.41 Å². The molecule has 6 aromatic carbocycles. The second-order valence-electron chi connectivity index (χ2n) is 12.1. The number of benzene rings is 6. The van der Waals surface area contributed by atoms with Crippen molar-refractivity contribution < 1.29 is 0 Å². The van der Waals surface area contributed by atoms with Crippen LogP contribution in [-0.4, -0.2) is 4.57 Å². The Labute approximate surface area is 250 Å². The van der Waals surface area contributed by atoms with E-state index in [1.165, 1.54) is 90.1 Å². The van der Waals surface area contributed by atoms with E-state index in [2.05, 4.69) is 134 Å². The molecule has 0 amide bonds. The molecule has 0 radical (unpaired) electrons. The molecule has 0 spiro atoms. The van der Waals surface area contributed by atoms with Crippen molar-refractivity contribution in [3.8, 4) is 16.8 Å². The van der Waals surface area contributed by atoms with Crippen LogP contribution in [0.25, 0.3) is 79.0 Å². The molecule has 3 heterocycles. The molecule has 0 saturated heterocycles. The minimum absolute atomic E-state index is 0.121. The zero-order chi connectivity index (χ0) is 27.7. The van der Waals surface area contributed by atoms with E-state index in [1.54, 1.807) is 0 Å². The average molecular weight is 572 g/mol. The Morgan fingerprint density at radius 3 is 2.10 bits per heavy atom. The van der Waals surface area contributed by atoms with Gasteiger partial charge in [-0.2, -0.15) is 0 Å². The van der Waals surface area contributed by atoms with E-state index in [0.717, 1.165) is 0 Å². The molecule has 0 fully saturated rings. The first-order valence-corrected chi connectivity index (χ1v) is 16.2. The Balaban J connectivity index is 1.47. The fourth-order valence-corrected chi connectivity index (χ4v) is 10.2. The molecular weight excluding hydrogens is 547 g/mol. The van der Waals surface area contributed by atoms with Crippen LogP contribution in [0.2, 0.25) is 0 Å². The molecule has 0 N–H and O–H groups in total. The van der Waals surface area contributed by atoms with Gasteiger partial charge in [0, 0.05) is 57.5 Å². The molecule has 198 valence electrons. The van der Waals surface area contributed by atoms with Crippen molar-refractivity contribution in [1.29, 1.82) is 0 Å². The van der Waals surface area contributed by atoms with Crippen molar-refractivity contribution in [2.75, 3.05) is 0 Å². The molecule has 1 nitrogen and oxygen atoms in total. The Bertz CT molecular complexity index is 2610. The lowest BCUT2D eigenvalue weighted by atomic mass is 9.80. The molecule has 0 saturated carbocycles. The van der Waals surface area contributed by atoms with E-state index >= 15 is 0 Å². The van der Waals surface area contributed by atoms with Crippen molar-refractivity contribution in [2.24, 2.45) is 0 Å². The normalized spacial score (nSPS) is 14.1. The van der Waals surface area contributed by atoms with Crippen LogP contribution >= 0.6 is 22.7 Å². The van der Waals surface area contributed by atoms with Gasteiger partial charge in [-0.05, 0) is 58.7 Å². The summed E-state index contributed by atoms with van der Waals surface area (Å²) >= 11 is 3.83. The maximum atomic E-state index is 2.56. The summed E-state index contributed by atoms with van der Waals surface area (Å²) in [5.41, 5.74) is 9.41. The lowest BCUT2D eigenvalue weighted by molar-refractivity contribution is 0.667. The maximum absolute atomic E-state index is 2.56. The van der Waals surface area contributed by atoms with Gasteiger partial charge in [0.25, 0.3) is 0 Å². The molecule has 0 unspecified atom stereocenters. The van der Waals surface area contributed by atoms with Gasteiger partial charge in [0.15, 0.2) is 0 Å². The van der Waals surface area contributed by atoms with Crippen molar-refractivity contribution in [3.05, 3.63) is 126 Å². The number of fused-ring (bicyclic) bond motifs is 15. The van der Waals surface area contributed by atoms with Crippen molar-refractivity contribution in [3.63, 3.8) is 0 Å². The van der Waals surface area contributed by atoms with Gasteiger partial charge < -0.3 is 4.57 Å². The Hall–Kier alpha value is -4.44. The molecule has 3 aromatic heterocycles. The molecule has 9 aromatic rings. The first kappa shape index (κ1) is 23.2. The van der Waals surface area contributed by atoms with Gasteiger partial charge in [-0.3, -0.25) is 0 Å². The molecule has 0 aliphatic heterocycles. The van der Waals surface area contributed by atoms with Crippen molar-refractivity contribution >= 4 is 84.8 Å². The topological polar surface area (TPSA) is 4.93 Å². The highest BCUT2D eigenvalue weighted by atomic mass is 32.1. The van der Waals surface area contributed by atoms with Gasteiger partial charge in [-0.25, -0.2) is 0 Å². The van der Waals surface area contributed by atoms with Crippen LogP contribution in [0.5, 0.6) is 0 Å². The van der Waals surface area contributed by atoms with Crippen molar-refractivity contribution in [1.82, 2.24) is 4.57 Å². The zero-order valence-corrected chi connectivity index (χ0v) is 24.9. The second-order valence-corrected chi connectivity index (χ2v) is 14.2.